The number of nitrogen functional groups attached to an aromatic ring is 1. The lowest BCUT2D eigenvalue weighted by atomic mass is 10.1. The summed E-state index contributed by atoms with van der Waals surface area (Å²) in [6.45, 7) is -0.195. The lowest BCUT2D eigenvalue weighted by Gasteiger charge is -2.09. The molecular formula is C18H17N3O9S3. The van der Waals surface area contributed by atoms with Gasteiger partial charge in [0, 0.05) is 5.39 Å². The SMILES string of the molecule is Nc1c(N=Nc2ccc(S(=O)(=O)CCOSOOO)cc2)c(SOOO)cc2ccccc12. The van der Waals surface area contributed by atoms with Gasteiger partial charge in [-0.3, -0.25) is 4.18 Å². The number of azo groups is 1. The Hall–Kier alpha value is -2.31. The summed E-state index contributed by atoms with van der Waals surface area (Å²) in [5, 5.41) is 33.3. The summed E-state index contributed by atoms with van der Waals surface area (Å²) in [4.78, 5) is 0.501. The summed E-state index contributed by atoms with van der Waals surface area (Å²) < 4.78 is 38.0. The number of nitrogens with zero attached hydrogens (tertiary/aromatic N) is 2. The first-order valence-electron chi connectivity index (χ1n) is 8.93. The molecule has 0 aliphatic carbocycles. The number of rotatable bonds is 12. The van der Waals surface area contributed by atoms with Crippen LogP contribution >= 0.6 is 24.4 Å². The van der Waals surface area contributed by atoms with Crippen LogP contribution in [0.25, 0.3) is 10.8 Å². The summed E-state index contributed by atoms with van der Waals surface area (Å²) in [5.74, 6) is -0.323. The molecular weight excluding hydrogens is 498 g/mol. The van der Waals surface area contributed by atoms with Crippen LogP contribution in [0.2, 0.25) is 0 Å². The van der Waals surface area contributed by atoms with E-state index in [1.807, 2.05) is 24.3 Å². The maximum absolute atomic E-state index is 12.3. The number of sulfone groups is 1. The van der Waals surface area contributed by atoms with Gasteiger partial charge in [0.15, 0.2) is 22.2 Å². The lowest BCUT2D eigenvalue weighted by Crippen LogP contribution is -2.10. The van der Waals surface area contributed by atoms with Gasteiger partial charge in [0.2, 0.25) is 0 Å². The summed E-state index contributed by atoms with van der Waals surface area (Å²) in [7, 11) is -3.63. The van der Waals surface area contributed by atoms with Crippen molar-refractivity contribution in [2.45, 2.75) is 9.79 Å². The minimum Gasteiger partial charge on any atom is -0.396 e. The molecule has 0 atom stereocenters. The van der Waals surface area contributed by atoms with E-state index in [1.54, 1.807) is 6.07 Å². The molecule has 0 aliphatic rings. The normalized spacial score (nSPS) is 12.1. The molecule has 0 heterocycles. The third-order valence-electron chi connectivity index (χ3n) is 4.18. The van der Waals surface area contributed by atoms with Crippen molar-refractivity contribution in [3.63, 3.8) is 0 Å². The molecule has 3 aromatic carbocycles. The van der Waals surface area contributed by atoms with Gasteiger partial charge in [-0.25, -0.2) is 18.9 Å². The molecule has 3 aromatic rings. The van der Waals surface area contributed by atoms with Gasteiger partial charge in [-0.15, -0.1) is 13.8 Å². The van der Waals surface area contributed by atoms with E-state index >= 15 is 0 Å². The van der Waals surface area contributed by atoms with Gasteiger partial charge in [-0.1, -0.05) is 34.3 Å². The quantitative estimate of drug-likeness (QED) is 0.0733. The zero-order chi connectivity index (χ0) is 23.7. The third-order valence-corrected chi connectivity index (χ3v) is 6.88. The molecule has 0 spiro atoms. The summed E-state index contributed by atoms with van der Waals surface area (Å²) in [5.41, 5.74) is 7.27. The van der Waals surface area contributed by atoms with Crippen LogP contribution in [-0.4, -0.2) is 31.3 Å². The Bertz CT molecular complexity index is 1210. The van der Waals surface area contributed by atoms with Crippen LogP contribution in [0.4, 0.5) is 17.1 Å². The molecule has 0 amide bonds. The molecule has 0 saturated heterocycles. The molecule has 0 radical (unpaired) electrons. The Morgan fingerprint density at radius 3 is 2.42 bits per heavy atom. The highest BCUT2D eigenvalue weighted by Crippen LogP contribution is 2.41. The Labute approximate surface area is 196 Å². The molecule has 0 aromatic heterocycles. The molecule has 15 heteroatoms. The van der Waals surface area contributed by atoms with Gasteiger partial charge < -0.3 is 5.73 Å². The second kappa shape index (κ2) is 12.2. The van der Waals surface area contributed by atoms with Crippen molar-refractivity contribution in [3.05, 3.63) is 54.6 Å². The first-order valence-corrected chi connectivity index (χ1v) is 12.0. The van der Waals surface area contributed by atoms with Gasteiger partial charge in [-0.05, 0) is 35.7 Å². The molecule has 0 saturated carbocycles. The molecule has 0 fully saturated rings. The van der Waals surface area contributed by atoms with E-state index in [4.69, 9.17) is 20.4 Å². The van der Waals surface area contributed by atoms with E-state index in [0.29, 0.717) is 40.6 Å². The van der Waals surface area contributed by atoms with Crippen molar-refractivity contribution in [2.75, 3.05) is 18.1 Å². The van der Waals surface area contributed by atoms with Crippen LogP contribution in [0.1, 0.15) is 0 Å². The fourth-order valence-corrected chi connectivity index (χ4v) is 4.63. The maximum atomic E-state index is 12.3. The van der Waals surface area contributed by atoms with E-state index in [1.165, 1.54) is 24.3 Å². The minimum absolute atomic E-state index is 0.0596. The van der Waals surface area contributed by atoms with Gasteiger partial charge in [0.1, 0.15) is 5.69 Å². The highest BCUT2D eigenvalue weighted by molar-refractivity contribution is 7.94. The number of fused-ring (bicyclic) bond motifs is 1. The fourth-order valence-electron chi connectivity index (χ4n) is 2.71. The first kappa shape index (κ1) is 25.3. The van der Waals surface area contributed by atoms with Gasteiger partial charge in [0.25, 0.3) is 0 Å². The molecule has 0 unspecified atom stereocenters. The van der Waals surface area contributed by atoms with E-state index in [0.717, 1.165) is 10.8 Å². The molecule has 12 nitrogen and oxygen atoms in total. The van der Waals surface area contributed by atoms with E-state index in [2.05, 4.69) is 29.0 Å². The van der Waals surface area contributed by atoms with Gasteiger partial charge >= 0.3 is 0 Å². The van der Waals surface area contributed by atoms with Crippen LogP contribution < -0.4 is 5.73 Å². The van der Waals surface area contributed by atoms with Crippen molar-refractivity contribution in [1.82, 2.24) is 0 Å². The Morgan fingerprint density at radius 2 is 1.70 bits per heavy atom. The fraction of sp³-hybridized carbons (Fsp3) is 0.111. The van der Waals surface area contributed by atoms with Crippen LogP contribution in [0.3, 0.4) is 0 Å². The van der Waals surface area contributed by atoms with Crippen molar-refractivity contribution in [3.8, 4) is 0 Å². The molecule has 0 aliphatic heterocycles. The summed E-state index contributed by atoms with van der Waals surface area (Å²) >= 11 is 0.997. The Kier molecular flexibility index (Phi) is 9.39. The number of benzene rings is 3. The van der Waals surface area contributed by atoms with Crippen LogP contribution in [-0.2, 0) is 32.8 Å². The predicted molar refractivity (Wildman–Crippen MR) is 120 cm³/mol. The number of anilines is 1. The second-order valence-corrected chi connectivity index (χ2v) is 9.49. The van der Waals surface area contributed by atoms with E-state index in [-0.39, 0.29) is 22.9 Å². The largest absolute Gasteiger partial charge is 0.396 e. The highest BCUT2D eigenvalue weighted by atomic mass is 32.2. The number of hydrogen-bond acceptors (Lipinski definition) is 14. The Balaban J connectivity index is 1.79. The van der Waals surface area contributed by atoms with Gasteiger partial charge in [-0.2, -0.15) is 5.11 Å². The van der Waals surface area contributed by atoms with Crippen LogP contribution in [0.5, 0.6) is 0 Å². The third kappa shape index (κ3) is 6.84. The first-order chi connectivity index (χ1) is 16.0. The Morgan fingerprint density at radius 1 is 0.970 bits per heavy atom. The number of hydrogen-bond donors (Lipinski definition) is 3. The smallest absolute Gasteiger partial charge is 0.197 e. The average molecular weight is 516 g/mol. The topological polar surface area (TPSA) is 171 Å². The molecule has 33 heavy (non-hydrogen) atoms. The average Bonchev–Trinajstić information content (AvgIpc) is 2.82. The maximum Gasteiger partial charge on any atom is 0.197 e. The van der Waals surface area contributed by atoms with Gasteiger partial charge in [0.05, 0.1) is 45.6 Å². The highest BCUT2D eigenvalue weighted by Gasteiger charge is 2.15. The minimum atomic E-state index is -3.63. The monoisotopic (exact) mass is 515 g/mol. The van der Waals surface area contributed by atoms with Crippen molar-refractivity contribution in [2.24, 2.45) is 10.2 Å². The van der Waals surface area contributed by atoms with Crippen molar-refractivity contribution < 1.29 is 41.9 Å². The van der Waals surface area contributed by atoms with E-state index < -0.39 is 9.84 Å². The van der Waals surface area contributed by atoms with Crippen LogP contribution in [0.15, 0.2) is 74.6 Å². The predicted octanol–water partition coefficient (Wildman–Crippen LogP) is 5.04. The molecule has 176 valence electrons. The lowest BCUT2D eigenvalue weighted by molar-refractivity contribution is -0.434. The molecule has 3 rings (SSSR count). The van der Waals surface area contributed by atoms with Crippen LogP contribution in [0, 0.1) is 0 Å². The molecule has 4 N–H and O–H groups in total. The summed E-state index contributed by atoms with van der Waals surface area (Å²) in [6, 6.07) is 14.8. The zero-order valence-corrected chi connectivity index (χ0v) is 19.0. The summed E-state index contributed by atoms with van der Waals surface area (Å²) in [6.07, 6.45) is 0. The molecule has 0 bridgehead atoms. The zero-order valence-electron chi connectivity index (χ0n) is 16.6. The van der Waals surface area contributed by atoms with Crippen molar-refractivity contribution in [1.29, 1.82) is 0 Å². The standard InChI is InChI=1S/C18H17N3O9S3/c19-17-15-4-2-1-3-12(15)11-16(31-29-27-22)18(17)21-20-13-5-7-14(8-6-13)33(24,25)10-9-26-32-30-28-23/h1-8,11,22-23H,9-10,19H2. The second-order valence-electron chi connectivity index (χ2n) is 6.13. The van der Waals surface area contributed by atoms with E-state index in [9.17, 15) is 8.42 Å². The van der Waals surface area contributed by atoms with Crippen molar-refractivity contribution >= 4 is 62.0 Å². The number of nitrogens with two attached hydrogens (primary N) is 1.